The molecule has 1 rings (SSSR count). The Morgan fingerprint density at radius 3 is 2.41 bits per heavy atom. The van der Waals surface area contributed by atoms with Crippen molar-refractivity contribution in [1.29, 1.82) is 0 Å². The van der Waals surface area contributed by atoms with Gasteiger partial charge >= 0.3 is 5.97 Å². The highest BCUT2D eigenvalue weighted by Gasteiger charge is 2.33. The van der Waals surface area contributed by atoms with Crippen molar-refractivity contribution < 1.29 is 14.6 Å². The number of rotatable bonds is 6. The lowest BCUT2D eigenvalue weighted by Crippen LogP contribution is -2.53. The molecule has 1 aliphatic rings. The molecule has 0 spiro atoms. The summed E-state index contributed by atoms with van der Waals surface area (Å²) in [6.45, 7) is 4.49. The predicted molar refractivity (Wildman–Crippen MR) is 67.2 cm³/mol. The summed E-state index contributed by atoms with van der Waals surface area (Å²) in [5.41, 5.74) is -0.957. The van der Waals surface area contributed by atoms with Crippen LogP contribution in [0.1, 0.15) is 52.4 Å². The molecule has 0 radical (unpaired) electrons. The summed E-state index contributed by atoms with van der Waals surface area (Å²) in [7, 11) is 0. The quantitative estimate of drug-likeness (QED) is 0.702. The molecule has 1 atom stereocenters. The molecule has 4 nitrogen and oxygen atoms in total. The van der Waals surface area contributed by atoms with Crippen LogP contribution in [0, 0.1) is 0 Å². The summed E-state index contributed by atoms with van der Waals surface area (Å²) in [5, 5.41) is 12.2. The molecule has 0 amide bonds. The number of aliphatic carboxylic acids is 1. The number of carbonyl (C=O) groups is 1. The van der Waals surface area contributed by atoms with Gasteiger partial charge in [0.2, 0.25) is 0 Å². The summed E-state index contributed by atoms with van der Waals surface area (Å²) < 4.78 is 5.80. The van der Waals surface area contributed by atoms with Crippen molar-refractivity contribution in [1.82, 2.24) is 5.32 Å². The van der Waals surface area contributed by atoms with Gasteiger partial charge in [-0.2, -0.15) is 0 Å². The second-order valence-electron chi connectivity index (χ2n) is 5.09. The van der Waals surface area contributed by atoms with Gasteiger partial charge in [-0.3, -0.25) is 4.79 Å². The molecule has 100 valence electrons. The fraction of sp³-hybridized carbons (Fsp3) is 0.923. The minimum absolute atomic E-state index is 0.245. The van der Waals surface area contributed by atoms with Crippen LogP contribution in [0.25, 0.3) is 0 Å². The van der Waals surface area contributed by atoms with Gasteiger partial charge in [0.1, 0.15) is 5.54 Å². The van der Waals surface area contributed by atoms with Crippen LogP contribution in [0.2, 0.25) is 0 Å². The maximum Gasteiger partial charge on any atom is 0.326 e. The van der Waals surface area contributed by atoms with E-state index in [1.54, 1.807) is 6.92 Å². The first-order valence-corrected chi connectivity index (χ1v) is 6.68. The van der Waals surface area contributed by atoms with Crippen LogP contribution in [0.3, 0.4) is 0 Å². The molecule has 1 unspecified atom stereocenters. The molecule has 0 aromatic heterocycles. The number of carboxylic acid groups (broad SMARTS) is 1. The van der Waals surface area contributed by atoms with Gasteiger partial charge in [0.05, 0.1) is 12.7 Å². The minimum Gasteiger partial charge on any atom is -0.480 e. The second-order valence-corrected chi connectivity index (χ2v) is 5.09. The van der Waals surface area contributed by atoms with E-state index in [0.29, 0.717) is 6.54 Å². The zero-order chi connectivity index (χ0) is 12.7. The highest BCUT2D eigenvalue weighted by Crippen LogP contribution is 2.21. The summed E-state index contributed by atoms with van der Waals surface area (Å²) in [6, 6.07) is 0. The fourth-order valence-electron chi connectivity index (χ4n) is 2.27. The van der Waals surface area contributed by atoms with Crippen LogP contribution in [0.15, 0.2) is 0 Å². The molecule has 0 aromatic carbocycles. The van der Waals surface area contributed by atoms with Crippen molar-refractivity contribution in [2.24, 2.45) is 0 Å². The van der Waals surface area contributed by atoms with Crippen molar-refractivity contribution in [2.75, 3.05) is 13.2 Å². The highest BCUT2D eigenvalue weighted by molar-refractivity contribution is 5.78. The average molecular weight is 243 g/mol. The summed E-state index contributed by atoms with van der Waals surface area (Å²) in [5.74, 6) is -0.840. The number of carboxylic acids is 1. The third-order valence-corrected chi connectivity index (χ3v) is 3.45. The Kier molecular flexibility index (Phi) is 5.92. The van der Waals surface area contributed by atoms with Crippen molar-refractivity contribution in [3.63, 3.8) is 0 Å². The summed E-state index contributed by atoms with van der Waals surface area (Å²) in [6.07, 6.45) is 7.36. The molecule has 0 aliphatic heterocycles. The van der Waals surface area contributed by atoms with E-state index in [1.165, 1.54) is 25.7 Å². The molecule has 0 saturated heterocycles. The van der Waals surface area contributed by atoms with E-state index in [-0.39, 0.29) is 12.7 Å². The molecule has 4 heteroatoms. The number of likely N-dealkylation sites (N-methyl/N-ethyl adjacent to an activating group) is 1. The second kappa shape index (κ2) is 6.97. The Morgan fingerprint density at radius 2 is 1.94 bits per heavy atom. The van der Waals surface area contributed by atoms with Gasteiger partial charge in [0.15, 0.2) is 0 Å². The Bertz CT molecular complexity index is 237. The lowest BCUT2D eigenvalue weighted by atomic mass is 10.0. The van der Waals surface area contributed by atoms with Crippen molar-refractivity contribution in [2.45, 2.75) is 64.0 Å². The highest BCUT2D eigenvalue weighted by atomic mass is 16.5. The Balaban J connectivity index is 2.42. The molecule has 1 aliphatic carbocycles. The monoisotopic (exact) mass is 243 g/mol. The van der Waals surface area contributed by atoms with Crippen LogP contribution in [-0.2, 0) is 9.53 Å². The van der Waals surface area contributed by atoms with Crippen molar-refractivity contribution in [3.05, 3.63) is 0 Å². The molecule has 0 heterocycles. The van der Waals surface area contributed by atoms with Gasteiger partial charge in [0.25, 0.3) is 0 Å². The minimum atomic E-state index is -0.957. The lowest BCUT2D eigenvalue weighted by molar-refractivity contribution is -0.148. The first-order chi connectivity index (χ1) is 8.08. The smallest absolute Gasteiger partial charge is 0.326 e. The normalized spacial score (nSPS) is 21.8. The van der Waals surface area contributed by atoms with Gasteiger partial charge in [0, 0.05) is 0 Å². The van der Waals surface area contributed by atoms with Gasteiger partial charge < -0.3 is 15.2 Å². The molecule has 2 N–H and O–H groups in total. The zero-order valence-electron chi connectivity index (χ0n) is 11.0. The number of ether oxygens (including phenoxy) is 1. The van der Waals surface area contributed by atoms with E-state index < -0.39 is 11.5 Å². The molecule has 1 fully saturated rings. The number of nitrogens with one attached hydrogen (secondary N) is 1. The maximum atomic E-state index is 11.2. The van der Waals surface area contributed by atoms with E-state index >= 15 is 0 Å². The SMILES string of the molecule is CCNC(C)(COC1CCCCCC1)C(=O)O. The van der Waals surface area contributed by atoms with Crippen LogP contribution in [0.4, 0.5) is 0 Å². The van der Waals surface area contributed by atoms with E-state index in [0.717, 1.165) is 12.8 Å². The molecule has 0 aromatic rings. The molecular formula is C13H25NO3. The van der Waals surface area contributed by atoms with Gasteiger partial charge in [-0.15, -0.1) is 0 Å². The Morgan fingerprint density at radius 1 is 1.35 bits per heavy atom. The van der Waals surface area contributed by atoms with Gasteiger partial charge in [-0.25, -0.2) is 0 Å². The standard InChI is InChI=1S/C13H25NO3/c1-3-14-13(2,12(15)16)10-17-11-8-6-4-5-7-9-11/h11,14H,3-10H2,1-2H3,(H,15,16). The maximum absolute atomic E-state index is 11.2. The van der Waals surface area contributed by atoms with Gasteiger partial charge in [-0.1, -0.05) is 32.6 Å². The van der Waals surface area contributed by atoms with Crippen molar-refractivity contribution >= 4 is 5.97 Å². The first-order valence-electron chi connectivity index (χ1n) is 6.68. The third-order valence-electron chi connectivity index (χ3n) is 3.45. The number of hydrogen-bond donors (Lipinski definition) is 2. The van der Waals surface area contributed by atoms with Crippen LogP contribution in [-0.4, -0.2) is 35.9 Å². The molecular weight excluding hydrogens is 218 g/mol. The fourth-order valence-corrected chi connectivity index (χ4v) is 2.27. The van der Waals surface area contributed by atoms with Crippen molar-refractivity contribution in [3.8, 4) is 0 Å². The summed E-state index contributed by atoms with van der Waals surface area (Å²) in [4.78, 5) is 11.2. The van der Waals surface area contributed by atoms with Crippen LogP contribution in [0.5, 0.6) is 0 Å². The van der Waals surface area contributed by atoms with E-state index in [4.69, 9.17) is 4.74 Å². The third kappa shape index (κ3) is 4.64. The van der Waals surface area contributed by atoms with Crippen LogP contribution < -0.4 is 5.32 Å². The van der Waals surface area contributed by atoms with E-state index in [2.05, 4.69) is 5.32 Å². The lowest BCUT2D eigenvalue weighted by Gasteiger charge is -2.28. The largest absolute Gasteiger partial charge is 0.480 e. The molecule has 0 bridgehead atoms. The summed E-state index contributed by atoms with van der Waals surface area (Å²) >= 11 is 0. The molecule has 17 heavy (non-hydrogen) atoms. The van der Waals surface area contributed by atoms with Gasteiger partial charge in [-0.05, 0) is 26.3 Å². The average Bonchev–Trinajstić information content (AvgIpc) is 2.55. The topological polar surface area (TPSA) is 58.6 Å². The first kappa shape index (κ1) is 14.5. The molecule has 1 saturated carbocycles. The van der Waals surface area contributed by atoms with E-state index in [9.17, 15) is 9.90 Å². The zero-order valence-corrected chi connectivity index (χ0v) is 11.0. The number of hydrogen-bond acceptors (Lipinski definition) is 3. The predicted octanol–water partition coefficient (Wildman–Crippen LogP) is 2.18. The Labute approximate surface area is 104 Å². The van der Waals surface area contributed by atoms with E-state index in [1.807, 2.05) is 6.92 Å². The van der Waals surface area contributed by atoms with Crippen LogP contribution >= 0.6 is 0 Å². The Hall–Kier alpha value is -0.610.